The van der Waals surface area contributed by atoms with Gasteiger partial charge in [0.25, 0.3) is 5.91 Å². The molecule has 0 saturated heterocycles. The maximum atomic E-state index is 13.1. The maximum Gasteiger partial charge on any atom is 0.375 e. The van der Waals surface area contributed by atoms with Gasteiger partial charge in [-0.3, -0.25) is 14.5 Å². The number of esters is 1. The van der Waals surface area contributed by atoms with Crippen LogP contribution in [0.15, 0.2) is 65.1 Å². The van der Waals surface area contributed by atoms with Crippen molar-refractivity contribution < 1.29 is 27.9 Å². The molecule has 0 unspecified atom stereocenters. The monoisotopic (exact) mass is 408 g/mol. The highest BCUT2D eigenvalue weighted by Gasteiger charge is 2.32. The minimum atomic E-state index is -1.14. The molecule has 4 rings (SSSR count). The fourth-order valence-corrected chi connectivity index (χ4v) is 3.14. The van der Waals surface area contributed by atoms with Crippen molar-refractivity contribution in [2.45, 2.75) is 13.0 Å². The molecule has 1 aliphatic rings. The lowest BCUT2D eigenvalue weighted by molar-refractivity contribution is -0.128. The van der Waals surface area contributed by atoms with E-state index in [0.29, 0.717) is 22.7 Å². The molecular formula is C22H17FN2O5. The number of furan rings is 1. The first kappa shape index (κ1) is 19.4. The minimum absolute atomic E-state index is 0.0919. The SMILES string of the molecule is C[C@@H](OC(=O)c1ccc(-c2ccc(F)cc2)o1)C(=O)N1CC(=O)Nc2ccccc21. The molecule has 7 nitrogen and oxygen atoms in total. The van der Waals surface area contributed by atoms with Crippen LogP contribution in [0.5, 0.6) is 0 Å². The number of nitrogens with zero attached hydrogens (tertiary/aromatic N) is 1. The third-order valence-corrected chi connectivity index (χ3v) is 4.60. The number of ether oxygens (including phenoxy) is 1. The van der Waals surface area contributed by atoms with Crippen molar-refractivity contribution in [3.63, 3.8) is 0 Å². The van der Waals surface area contributed by atoms with Gasteiger partial charge in [-0.05, 0) is 55.5 Å². The zero-order valence-corrected chi connectivity index (χ0v) is 15.9. The molecule has 1 atom stereocenters. The smallest absolute Gasteiger partial charge is 0.375 e. The van der Waals surface area contributed by atoms with Crippen LogP contribution in [0.2, 0.25) is 0 Å². The molecule has 152 valence electrons. The number of rotatable bonds is 4. The standard InChI is InChI=1S/C22H17FN2O5/c1-13(21(27)25-12-20(26)24-16-4-2-3-5-17(16)25)29-22(28)19-11-10-18(30-19)14-6-8-15(23)9-7-14/h2-11,13H,12H2,1H3,(H,24,26)/t13-/m1/s1. The number of halogens is 1. The minimum Gasteiger partial charge on any atom is -0.449 e. The first-order valence-electron chi connectivity index (χ1n) is 9.19. The topological polar surface area (TPSA) is 88.8 Å². The Morgan fingerprint density at radius 2 is 1.83 bits per heavy atom. The van der Waals surface area contributed by atoms with Gasteiger partial charge >= 0.3 is 5.97 Å². The Hall–Kier alpha value is -3.94. The quantitative estimate of drug-likeness (QED) is 0.666. The molecule has 0 aliphatic carbocycles. The highest BCUT2D eigenvalue weighted by Crippen LogP contribution is 2.30. The van der Waals surface area contributed by atoms with E-state index < -0.39 is 18.0 Å². The molecule has 0 spiro atoms. The van der Waals surface area contributed by atoms with Crippen LogP contribution in [-0.4, -0.2) is 30.4 Å². The molecule has 0 fully saturated rings. The molecule has 1 aliphatic heterocycles. The van der Waals surface area contributed by atoms with Gasteiger partial charge in [0.2, 0.25) is 11.7 Å². The van der Waals surface area contributed by atoms with Crippen LogP contribution < -0.4 is 10.2 Å². The molecular weight excluding hydrogens is 391 g/mol. The van der Waals surface area contributed by atoms with Crippen molar-refractivity contribution in [1.82, 2.24) is 0 Å². The summed E-state index contributed by atoms with van der Waals surface area (Å²) in [5.74, 6) is -1.80. The molecule has 0 radical (unpaired) electrons. The number of amides is 2. The van der Waals surface area contributed by atoms with Gasteiger partial charge in [0, 0.05) is 5.56 Å². The molecule has 2 amide bonds. The second-order valence-electron chi connectivity index (χ2n) is 6.71. The summed E-state index contributed by atoms with van der Waals surface area (Å²) in [5, 5.41) is 2.69. The molecule has 30 heavy (non-hydrogen) atoms. The third-order valence-electron chi connectivity index (χ3n) is 4.60. The van der Waals surface area contributed by atoms with Gasteiger partial charge in [-0.1, -0.05) is 12.1 Å². The van der Waals surface area contributed by atoms with Gasteiger partial charge in [0.05, 0.1) is 11.4 Å². The second kappa shape index (κ2) is 7.82. The summed E-state index contributed by atoms with van der Waals surface area (Å²) in [4.78, 5) is 38.4. The Balaban J connectivity index is 1.47. The van der Waals surface area contributed by atoms with Crippen molar-refractivity contribution in [3.05, 3.63) is 72.2 Å². The lowest BCUT2D eigenvalue weighted by Crippen LogP contribution is -2.47. The molecule has 1 aromatic heterocycles. The molecule has 2 aromatic carbocycles. The Morgan fingerprint density at radius 1 is 1.10 bits per heavy atom. The van der Waals surface area contributed by atoms with Crippen LogP contribution in [0, 0.1) is 5.82 Å². The van der Waals surface area contributed by atoms with Crippen molar-refractivity contribution in [3.8, 4) is 11.3 Å². The predicted molar refractivity (Wildman–Crippen MR) is 106 cm³/mol. The summed E-state index contributed by atoms with van der Waals surface area (Å²) in [7, 11) is 0. The average molecular weight is 408 g/mol. The van der Waals surface area contributed by atoms with Crippen LogP contribution >= 0.6 is 0 Å². The molecule has 8 heteroatoms. The Bertz CT molecular complexity index is 1120. The Morgan fingerprint density at radius 3 is 2.60 bits per heavy atom. The van der Waals surface area contributed by atoms with Gasteiger partial charge in [-0.25, -0.2) is 9.18 Å². The third kappa shape index (κ3) is 3.80. The number of carbonyl (C=O) groups excluding carboxylic acids is 3. The fourth-order valence-electron chi connectivity index (χ4n) is 3.14. The van der Waals surface area contributed by atoms with E-state index in [1.165, 1.54) is 42.2 Å². The van der Waals surface area contributed by atoms with Crippen LogP contribution in [0.3, 0.4) is 0 Å². The van der Waals surface area contributed by atoms with Crippen molar-refractivity contribution >= 4 is 29.2 Å². The number of para-hydroxylation sites is 2. The van der Waals surface area contributed by atoms with E-state index in [0.717, 1.165) is 0 Å². The van der Waals surface area contributed by atoms with E-state index in [1.54, 1.807) is 30.3 Å². The predicted octanol–water partition coefficient (Wildman–Crippen LogP) is 3.62. The number of anilines is 2. The lowest BCUT2D eigenvalue weighted by Gasteiger charge is -2.30. The van der Waals surface area contributed by atoms with E-state index in [4.69, 9.17) is 9.15 Å². The molecule has 2 heterocycles. The first-order chi connectivity index (χ1) is 14.4. The summed E-state index contributed by atoms with van der Waals surface area (Å²) in [6, 6.07) is 15.4. The zero-order chi connectivity index (χ0) is 21.3. The number of fused-ring (bicyclic) bond motifs is 1. The number of nitrogens with one attached hydrogen (secondary N) is 1. The van der Waals surface area contributed by atoms with E-state index in [-0.39, 0.29) is 24.0 Å². The van der Waals surface area contributed by atoms with Crippen LogP contribution in [0.25, 0.3) is 11.3 Å². The first-order valence-corrected chi connectivity index (χ1v) is 9.19. The zero-order valence-electron chi connectivity index (χ0n) is 15.9. The normalized spacial score (nSPS) is 13.9. The molecule has 1 N–H and O–H groups in total. The van der Waals surface area contributed by atoms with Crippen molar-refractivity contribution in [1.29, 1.82) is 0 Å². The number of benzene rings is 2. The number of hydrogen-bond acceptors (Lipinski definition) is 5. The summed E-state index contributed by atoms with van der Waals surface area (Å²) in [5.41, 5.74) is 1.63. The van der Waals surface area contributed by atoms with Crippen molar-refractivity contribution in [2.24, 2.45) is 0 Å². The summed E-state index contributed by atoms with van der Waals surface area (Å²) >= 11 is 0. The van der Waals surface area contributed by atoms with Gasteiger partial charge in [0.15, 0.2) is 6.10 Å². The number of carbonyl (C=O) groups is 3. The lowest BCUT2D eigenvalue weighted by atomic mass is 10.1. The van der Waals surface area contributed by atoms with Gasteiger partial charge in [0.1, 0.15) is 18.1 Å². The van der Waals surface area contributed by atoms with Crippen LogP contribution in [0.1, 0.15) is 17.5 Å². The maximum absolute atomic E-state index is 13.1. The Labute approximate surface area is 171 Å². The van der Waals surface area contributed by atoms with Crippen molar-refractivity contribution in [2.75, 3.05) is 16.8 Å². The summed E-state index contributed by atoms with van der Waals surface area (Å²) < 4.78 is 23.8. The molecule has 3 aromatic rings. The average Bonchev–Trinajstić information content (AvgIpc) is 3.23. The summed E-state index contributed by atoms with van der Waals surface area (Å²) in [6.07, 6.45) is -1.14. The van der Waals surface area contributed by atoms with Crippen LogP contribution in [0.4, 0.5) is 15.8 Å². The highest BCUT2D eigenvalue weighted by atomic mass is 19.1. The second-order valence-corrected chi connectivity index (χ2v) is 6.71. The van der Waals surface area contributed by atoms with Gasteiger partial charge in [-0.2, -0.15) is 0 Å². The van der Waals surface area contributed by atoms with E-state index in [1.807, 2.05) is 0 Å². The fraction of sp³-hybridized carbons (Fsp3) is 0.136. The number of hydrogen-bond donors (Lipinski definition) is 1. The summed E-state index contributed by atoms with van der Waals surface area (Å²) in [6.45, 7) is 1.26. The van der Waals surface area contributed by atoms with E-state index in [2.05, 4.69) is 5.32 Å². The van der Waals surface area contributed by atoms with Gasteiger partial charge in [-0.15, -0.1) is 0 Å². The van der Waals surface area contributed by atoms with E-state index in [9.17, 15) is 18.8 Å². The largest absolute Gasteiger partial charge is 0.449 e. The molecule has 0 saturated carbocycles. The van der Waals surface area contributed by atoms with Gasteiger partial charge < -0.3 is 14.5 Å². The highest BCUT2D eigenvalue weighted by molar-refractivity contribution is 6.11. The van der Waals surface area contributed by atoms with Crippen LogP contribution in [-0.2, 0) is 14.3 Å². The van der Waals surface area contributed by atoms with E-state index >= 15 is 0 Å². The molecule has 0 bridgehead atoms. The Kier molecular flexibility index (Phi) is 5.05.